The summed E-state index contributed by atoms with van der Waals surface area (Å²) in [5, 5.41) is 6.93. The molecule has 0 atom stereocenters. The highest BCUT2D eigenvalue weighted by Crippen LogP contribution is 2.11. The first-order valence-electron chi connectivity index (χ1n) is 10.2. The summed E-state index contributed by atoms with van der Waals surface area (Å²) >= 11 is 0. The van der Waals surface area contributed by atoms with Gasteiger partial charge in [0.05, 0.1) is 0 Å². The highest BCUT2D eigenvalue weighted by atomic mass is 15.2. The number of nitrogens with zero attached hydrogens (tertiary/aromatic N) is 3. The van der Waals surface area contributed by atoms with Crippen LogP contribution in [0.3, 0.4) is 0 Å². The minimum absolute atomic E-state index is 0.806. The Morgan fingerprint density at radius 2 is 1.73 bits per heavy atom. The molecule has 1 heterocycles. The van der Waals surface area contributed by atoms with Gasteiger partial charge in [0.1, 0.15) is 0 Å². The third-order valence-electron chi connectivity index (χ3n) is 5.25. The normalized spacial score (nSPS) is 16.1. The maximum absolute atomic E-state index is 4.37. The fraction of sp³-hybridized carbons (Fsp3) is 0.667. The van der Waals surface area contributed by atoms with E-state index in [4.69, 9.17) is 0 Å². The van der Waals surface area contributed by atoms with Crippen LogP contribution < -0.4 is 10.6 Å². The highest BCUT2D eigenvalue weighted by molar-refractivity contribution is 5.79. The first kappa shape index (κ1) is 20.7. The molecular weight excluding hydrogens is 322 g/mol. The van der Waals surface area contributed by atoms with Crippen LogP contribution in [0.5, 0.6) is 0 Å². The lowest BCUT2D eigenvalue weighted by Gasteiger charge is -2.26. The van der Waals surface area contributed by atoms with Gasteiger partial charge in [-0.25, -0.2) is 0 Å². The predicted molar refractivity (Wildman–Crippen MR) is 112 cm³/mol. The number of nitrogens with one attached hydrogen (secondary N) is 2. The Hall–Kier alpha value is -1.59. The van der Waals surface area contributed by atoms with Gasteiger partial charge >= 0.3 is 0 Å². The van der Waals surface area contributed by atoms with Crippen molar-refractivity contribution >= 4 is 5.96 Å². The molecule has 0 aliphatic carbocycles. The molecule has 1 aliphatic heterocycles. The third-order valence-corrected chi connectivity index (χ3v) is 5.25. The molecule has 0 bridgehead atoms. The Morgan fingerprint density at radius 3 is 2.38 bits per heavy atom. The summed E-state index contributed by atoms with van der Waals surface area (Å²) in [5.41, 5.74) is 2.74. The fourth-order valence-corrected chi connectivity index (χ4v) is 3.49. The minimum Gasteiger partial charge on any atom is -0.355 e. The van der Waals surface area contributed by atoms with Gasteiger partial charge in [-0.2, -0.15) is 0 Å². The summed E-state index contributed by atoms with van der Waals surface area (Å²) in [6, 6.07) is 8.71. The molecule has 146 valence electrons. The summed E-state index contributed by atoms with van der Waals surface area (Å²) in [5.74, 6) is 0.889. The predicted octanol–water partition coefficient (Wildman–Crippen LogP) is 2.68. The van der Waals surface area contributed by atoms with Gasteiger partial charge in [0.25, 0.3) is 0 Å². The molecule has 2 rings (SSSR count). The number of benzene rings is 1. The van der Waals surface area contributed by atoms with Gasteiger partial charge in [-0.1, -0.05) is 44.5 Å². The van der Waals surface area contributed by atoms with E-state index < -0.39 is 0 Å². The average Bonchev–Trinajstić information content (AvgIpc) is 2.70. The molecule has 1 aromatic rings. The lowest BCUT2D eigenvalue weighted by molar-refractivity contribution is 0.232. The maximum Gasteiger partial charge on any atom is 0.191 e. The van der Waals surface area contributed by atoms with Crippen molar-refractivity contribution in [3.8, 4) is 0 Å². The van der Waals surface area contributed by atoms with Crippen molar-refractivity contribution in [1.29, 1.82) is 0 Å². The molecule has 1 aromatic carbocycles. The molecule has 0 unspecified atom stereocenters. The standard InChI is InChI=1S/C21H37N5/c1-4-25(5-2)18-20-12-8-7-11-19(20)17-24-21(22-3)23-13-16-26-14-9-6-10-15-26/h7-8,11-12H,4-6,9-10,13-18H2,1-3H3,(H2,22,23,24). The van der Waals surface area contributed by atoms with E-state index in [0.29, 0.717) is 0 Å². The molecule has 26 heavy (non-hydrogen) atoms. The fourth-order valence-electron chi connectivity index (χ4n) is 3.49. The zero-order valence-corrected chi connectivity index (χ0v) is 16.9. The van der Waals surface area contributed by atoms with Crippen molar-refractivity contribution in [1.82, 2.24) is 20.4 Å². The van der Waals surface area contributed by atoms with Crippen LogP contribution in [-0.2, 0) is 13.1 Å². The molecule has 2 N–H and O–H groups in total. The monoisotopic (exact) mass is 359 g/mol. The van der Waals surface area contributed by atoms with E-state index in [1.165, 1.54) is 43.5 Å². The van der Waals surface area contributed by atoms with Gasteiger partial charge in [0, 0.05) is 33.2 Å². The van der Waals surface area contributed by atoms with Crippen LogP contribution in [0.15, 0.2) is 29.3 Å². The highest BCUT2D eigenvalue weighted by Gasteiger charge is 2.10. The van der Waals surface area contributed by atoms with Crippen LogP contribution in [0.2, 0.25) is 0 Å². The van der Waals surface area contributed by atoms with Crippen LogP contribution in [0.4, 0.5) is 0 Å². The van der Waals surface area contributed by atoms with Crippen molar-refractivity contribution in [3.63, 3.8) is 0 Å². The van der Waals surface area contributed by atoms with Gasteiger partial charge in [-0.3, -0.25) is 9.89 Å². The Balaban J connectivity index is 1.80. The number of hydrogen-bond acceptors (Lipinski definition) is 3. The van der Waals surface area contributed by atoms with Crippen molar-refractivity contribution in [2.75, 3.05) is 46.3 Å². The number of likely N-dealkylation sites (tertiary alicyclic amines) is 1. The smallest absolute Gasteiger partial charge is 0.191 e. The van der Waals surface area contributed by atoms with E-state index in [1.807, 2.05) is 7.05 Å². The minimum atomic E-state index is 0.806. The molecule has 5 nitrogen and oxygen atoms in total. The summed E-state index contributed by atoms with van der Waals surface area (Å²) in [4.78, 5) is 9.37. The average molecular weight is 360 g/mol. The largest absolute Gasteiger partial charge is 0.355 e. The second kappa shape index (κ2) is 11.9. The Bertz CT molecular complexity index is 533. The molecule has 1 saturated heterocycles. The number of hydrogen-bond donors (Lipinski definition) is 2. The Labute approximate surface area is 159 Å². The van der Waals surface area contributed by atoms with E-state index in [9.17, 15) is 0 Å². The van der Waals surface area contributed by atoms with Gasteiger partial charge in [-0.15, -0.1) is 0 Å². The van der Waals surface area contributed by atoms with E-state index in [0.717, 1.165) is 45.2 Å². The number of guanidine groups is 1. The van der Waals surface area contributed by atoms with E-state index in [2.05, 4.69) is 63.5 Å². The van der Waals surface area contributed by atoms with E-state index in [-0.39, 0.29) is 0 Å². The van der Waals surface area contributed by atoms with E-state index >= 15 is 0 Å². The summed E-state index contributed by atoms with van der Waals surface area (Å²) < 4.78 is 0. The number of piperidine rings is 1. The van der Waals surface area contributed by atoms with Crippen LogP contribution in [-0.4, -0.2) is 62.1 Å². The molecule has 0 amide bonds. The lowest BCUT2D eigenvalue weighted by Crippen LogP contribution is -2.42. The van der Waals surface area contributed by atoms with Gasteiger partial charge < -0.3 is 15.5 Å². The summed E-state index contributed by atoms with van der Waals surface area (Å²) in [7, 11) is 1.85. The lowest BCUT2D eigenvalue weighted by atomic mass is 10.1. The van der Waals surface area contributed by atoms with Gasteiger partial charge in [0.2, 0.25) is 0 Å². The second-order valence-electron chi connectivity index (χ2n) is 6.98. The molecular formula is C21H37N5. The molecule has 1 fully saturated rings. The summed E-state index contributed by atoms with van der Waals surface area (Å²) in [6.07, 6.45) is 4.08. The third kappa shape index (κ3) is 6.96. The quantitative estimate of drug-likeness (QED) is 0.525. The SMILES string of the molecule is CCN(CC)Cc1ccccc1CNC(=NC)NCCN1CCCCC1. The molecule has 0 radical (unpaired) electrons. The molecule has 5 heteroatoms. The van der Waals surface area contributed by atoms with Crippen molar-refractivity contribution < 1.29 is 0 Å². The Morgan fingerprint density at radius 1 is 1.04 bits per heavy atom. The van der Waals surface area contributed by atoms with Crippen molar-refractivity contribution in [2.24, 2.45) is 4.99 Å². The molecule has 0 spiro atoms. The van der Waals surface area contributed by atoms with Crippen LogP contribution in [0.1, 0.15) is 44.2 Å². The van der Waals surface area contributed by atoms with Crippen LogP contribution in [0, 0.1) is 0 Å². The Kier molecular flexibility index (Phi) is 9.50. The van der Waals surface area contributed by atoms with Crippen molar-refractivity contribution in [2.45, 2.75) is 46.2 Å². The topological polar surface area (TPSA) is 42.9 Å². The maximum atomic E-state index is 4.37. The first-order chi connectivity index (χ1) is 12.8. The summed E-state index contributed by atoms with van der Waals surface area (Å²) in [6.45, 7) is 12.9. The number of rotatable bonds is 9. The zero-order valence-electron chi connectivity index (χ0n) is 16.9. The van der Waals surface area contributed by atoms with Crippen molar-refractivity contribution in [3.05, 3.63) is 35.4 Å². The molecule has 0 aromatic heterocycles. The number of aliphatic imine (C=N–C) groups is 1. The van der Waals surface area contributed by atoms with E-state index in [1.54, 1.807) is 0 Å². The van der Waals surface area contributed by atoms with Gasteiger partial charge in [0.15, 0.2) is 5.96 Å². The van der Waals surface area contributed by atoms with Crippen LogP contribution >= 0.6 is 0 Å². The molecule has 1 aliphatic rings. The first-order valence-corrected chi connectivity index (χ1v) is 10.2. The molecule has 0 saturated carbocycles. The second-order valence-corrected chi connectivity index (χ2v) is 6.98. The van der Waals surface area contributed by atoms with Crippen LogP contribution in [0.25, 0.3) is 0 Å². The van der Waals surface area contributed by atoms with Gasteiger partial charge in [-0.05, 0) is 50.1 Å². The zero-order chi connectivity index (χ0) is 18.6.